The second kappa shape index (κ2) is 7.79. The number of nitrogens with one attached hydrogen (secondary N) is 1. The lowest BCUT2D eigenvalue weighted by molar-refractivity contribution is -0.119. The highest BCUT2D eigenvalue weighted by molar-refractivity contribution is 5.76. The van der Waals surface area contributed by atoms with Crippen LogP contribution < -0.4 is 11.1 Å². The van der Waals surface area contributed by atoms with E-state index >= 15 is 0 Å². The average Bonchev–Trinajstić information content (AvgIpc) is 2.45. The lowest BCUT2D eigenvalue weighted by Crippen LogP contribution is -2.52. The highest BCUT2D eigenvalue weighted by Crippen LogP contribution is 2.16. The molecule has 2 unspecified atom stereocenters. The molecular formula is C16H23N3O3. The molecule has 0 aliphatic carbocycles. The number of benzene rings is 1. The number of primary amides is 1. The van der Waals surface area contributed by atoms with Crippen molar-refractivity contribution in [3.8, 4) is 0 Å². The molecule has 120 valence electrons. The predicted molar refractivity (Wildman–Crippen MR) is 83.0 cm³/mol. The van der Waals surface area contributed by atoms with Crippen LogP contribution in [0.2, 0.25) is 0 Å². The number of alkyl carbamates (subject to hydrolysis) is 1. The van der Waals surface area contributed by atoms with E-state index < -0.39 is 6.09 Å². The predicted octanol–water partition coefficient (Wildman–Crippen LogP) is 1.11. The molecule has 0 bridgehead atoms. The summed E-state index contributed by atoms with van der Waals surface area (Å²) in [4.78, 5) is 24.9. The highest BCUT2D eigenvalue weighted by atomic mass is 16.5. The van der Waals surface area contributed by atoms with Crippen LogP contribution in [0.3, 0.4) is 0 Å². The van der Waals surface area contributed by atoms with Gasteiger partial charge in [0.2, 0.25) is 5.91 Å². The number of nitrogens with zero attached hydrogens (tertiary/aromatic N) is 1. The maximum absolute atomic E-state index is 11.9. The lowest BCUT2D eigenvalue weighted by Gasteiger charge is -2.35. The number of hydrogen-bond acceptors (Lipinski definition) is 4. The van der Waals surface area contributed by atoms with Crippen LogP contribution in [0, 0.1) is 5.92 Å². The molecule has 2 atom stereocenters. The second-order valence-electron chi connectivity index (χ2n) is 5.90. The fourth-order valence-electron chi connectivity index (χ4n) is 2.85. The number of carbonyl (C=O) groups is 2. The van der Waals surface area contributed by atoms with Crippen molar-refractivity contribution in [1.82, 2.24) is 10.2 Å². The number of hydrogen-bond donors (Lipinski definition) is 2. The standard InChI is InChI=1S/C16H23N3O3/c1-12-7-14(9-19(8-12)10-15(17)20)18-16(21)22-11-13-5-3-2-4-6-13/h2-6,12,14H,7-11H2,1H3,(H2,17,20)(H,18,21). The SMILES string of the molecule is CC1CC(NC(=O)OCc2ccccc2)CN(CC(N)=O)C1. The van der Waals surface area contributed by atoms with E-state index in [-0.39, 0.29) is 25.1 Å². The minimum atomic E-state index is -0.429. The molecule has 0 saturated carbocycles. The molecule has 1 heterocycles. The van der Waals surface area contributed by atoms with Gasteiger partial charge in [0.15, 0.2) is 0 Å². The topological polar surface area (TPSA) is 84.7 Å². The zero-order chi connectivity index (χ0) is 15.9. The molecule has 3 N–H and O–H groups in total. The van der Waals surface area contributed by atoms with Gasteiger partial charge in [-0.3, -0.25) is 9.69 Å². The Morgan fingerprint density at radius 2 is 2.05 bits per heavy atom. The molecule has 0 radical (unpaired) electrons. The normalized spacial score (nSPS) is 22.0. The molecular weight excluding hydrogens is 282 g/mol. The van der Waals surface area contributed by atoms with Crippen LogP contribution in [0.15, 0.2) is 30.3 Å². The van der Waals surface area contributed by atoms with Crippen LogP contribution in [-0.2, 0) is 16.1 Å². The minimum Gasteiger partial charge on any atom is -0.445 e. The van der Waals surface area contributed by atoms with E-state index in [1.165, 1.54) is 0 Å². The average molecular weight is 305 g/mol. The molecule has 1 aliphatic rings. The molecule has 6 heteroatoms. The van der Waals surface area contributed by atoms with E-state index in [1.807, 2.05) is 35.2 Å². The third-order valence-electron chi connectivity index (χ3n) is 3.65. The van der Waals surface area contributed by atoms with E-state index in [4.69, 9.17) is 10.5 Å². The Bertz CT molecular complexity index is 507. The highest BCUT2D eigenvalue weighted by Gasteiger charge is 2.26. The second-order valence-corrected chi connectivity index (χ2v) is 5.90. The Kier molecular flexibility index (Phi) is 5.77. The summed E-state index contributed by atoms with van der Waals surface area (Å²) in [6, 6.07) is 9.52. The van der Waals surface area contributed by atoms with Gasteiger partial charge < -0.3 is 15.8 Å². The smallest absolute Gasteiger partial charge is 0.407 e. The van der Waals surface area contributed by atoms with Crippen molar-refractivity contribution in [3.05, 3.63) is 35.9 Å². The summed E-state index contributed by atoms with van der Waals surface area (Å²) in [7, 11) is 0. The van der Waals surface area contributed by atoms with E-state index in [2.05, 4.69) is 12.2 Å². The Morgan fingerprint density at radius 1 is 1.32 bits per heavy atom. The van der Waals surface area contributed by atoms with Gasteiger partial charge in [-0.05, 0) is 17.9 Å². The van der Waals surface area contributed by atoms with Crippen LogP contribution in [0.1, 0.15) is 18.9 Å². The van der Waals surface area contributed by atoms with Gasteiger partial charge >= 0.3 is 6.09 Å². The zero-order valence-corrected chi connectivity index (χ0v) is 12.8. The first-order valence-corrected chi connectivity index (χ1v) is 7.51. The lowest BCUT2D eigenvalue weighted by atomic mass is 9.96. The first-order chi connectivity index (χ1) is 10.5. The van der Waals surface area contributed by atoms with E-state index in [0.717, 1.165) is 18.5 Å². The van der Waals surface area contributed by atoms with Crippen LogP contribution in [0.4, 0.5) is 4.79 Å². The zero-order valence-electron chi connectivity index (χ0n) is 12.8. The monoisotopic (exact) mass is 305 g/mol. The van der Waals surface area contributed by atoms with Crippen LogP contribution in [-0.4, -0.2) is 42.6 Å². The Balaban J connectivity index is 1.78. The first kappa shape index (κ1) is 16.3. The van der Waals surface area contributed by atoms with Crippen LogP contribution in [0.5, 0.6) is 0 Å². The number of amides is 2. The molecule has 1 saturated heterocycles. The molecule has 22 heavy (non-hydrogen) atoms. The number of piperidine rings is 1. The van der Waals surface area contributed by atoms with Crippen molar-refractivity contribution in [3.63, 3.8) is 0 Å². The maximum Gasteiger partial charge on any atom is 0.407 e. The van der Waals surface area contributed by atoms with Gasteiger partial charge in [0.05, 0.1) is 6.54 Å². The quantitative estimate of drug-likeness (QED) is 0.853. The molecule has 6 nitrogen and oxygen atoms in total. The summed E-state index contributed by atoms with van der Waals surface area (Å²) in [5, 5.41) is 2.87. The summed E-state index contributed by atoms with van der Waals surface area (Å²) in [6.45, 7) is 4.01. The number of rotatable bonds is 5. The van der Waals surface area contributed by atoms with E-state index in [0.29, 0.717) is 12.5 Å². The van der Waals surface area contributed by atoms with E-state index in [1.54, 1.807) is 0 Å². The molecule has 1 aliphatic heterocycles. The summed E-state index contributed by atoms with van der Waals surface area (Å²) in [6.07, 6.45) is 0.442. The Labute approximate surface area is 130 Å². The van der Waals surface area contributed by atoms with Crippen molar-refractivity contribution >= 4 is 12.0 Å². The van der Waals surface area contributed by atoms with Crippen molar-refractivity contribution < 1.29 is 14.3 Å². The van der Waals surface area contributed by atoms with Gasteiger partial charge in [-0.1, -0.05) is 37.3 Å². The van der Waals surface area contributed by atoms with Crippen molar-refractivity contribution in [2.24, 2.45) is 11.7 Å². The molecule has 1 aromatic carbocycles. The van der Waals surface area contributed by atoms with Gasteiger partial charge in [-0.15, -0.1) is 0 Å². The van der Waals surface area contributed by atoms with Crippen molar-refractivity contribution in [1.29, 1.82) is 0 Å². The van der Waals surface area contributed by atoms with Gasteiger partial charge in [-0.2, -0.15) is 0 Å². The number of carbonyl (C=O) groups excluding carboxylic acids is 2. The summed E-state index contributed by atoms with van der Waals surface area (Å²) >= 11 is 0. The molecule has 0 aromatic heterocycles. The van der Waals surface area contributed by atoms with Crippen LogP contribution in [0.25, 0.3) is 0 Å². The number of ether oxygens (including phenoxy) is 1. The van der Waals surface area contributed by atoms with Crippen molar-refractivity contribution in [2.75, 3.05) is 19.6 Å². The molecule has 2 rings (SSSR count). The van der Waals surface area contributed by atoms with E-state index in [9.17, 15) is 9.59 Å². The van der Waals surface area contributed by atoms with Gasteiger partial charge in [-0.25, -0.2) is 4.79 Å². The fraction of sp³-hybridized carbons (Fsp3) is 0.500. The van der Waals surface area contributed by atoms with Crippen molar-refractivity contribution in [2.45, 2.75) is 26.0 Å². The molecule has 2 amide bonds. The number of likely N-dealkylation sites (tertiary alicyclic amines) is 1. The molecule has 1 aromatic rings. The first-order valence-electron chi connectivity index (χ1n) is 7.51. The van der Waals surface area contributed by atoms with Gasteiger partial charge in [0, 0.05) is 19.1 Å². The maximum atomic E-state index is 11.9. The fourth-order valence-corrected chi connectivity index (χ4v) is 2.85. The Morgan fingerprint density at radius 3 is 2.73 bits per heavy atom. The number of nitrogens with two attached hydrogens (primary N) is 1. The molecule has 0 spiro atoms. The largest absolute Gasteiger partial charge is 0.445 e. The van der Waals surface area contributed by atoms with Crippen LogP contribution >= 0.6 is 0 Å². The third kappa shape index (κ3) is 5.37. The minimum absolute atomic E-state index is 0.0219. The summed E-state index contributed by atoms with van der Waals surface area (Å²) in [5.74, 6) is 0.0482. The Hall–Kier alpha value is -2.08. The summed E-state index contributed by atoms with van der Waals surface area (Å²) in [5.41, 5.74) is 6.18. The van der Waals surface area contributed by atoms with Gasteiger partial charge in [0.25, 0.3) is 0 Å². The van der Waals surface area contributed by atoms with Gasteiger partial charge in [0.1, 0.15) is 6.61 Å². The third-order valence-corrected chi connectivity index (χ3v) is 3.65. The molecule has 1 fully saturated rings. The summed E-state index contributed by atoms with van der Waals surface area (Å²) < 4.78 is 5.22.